The quantitative estimate of drug-likeness (QED) is 0.123. The monoisotopic (exact) mass is 1000 g/mol. The highest BCUT2D eigenvalue weighted by Gasteiger charge is 2.22. The van der Waals surface area contributed by atoms with Crippen molar-refractivity contribution in [3.8, 4) is 33.4 Å². The van der Waals surface area contributed by atoms with E-state index >= 15 is 0 Å². The summed E-state index contributed by atoms with van der Waals surface area (Å²) in [6.45, 7) is 17.3. The number of rotatable bonds is 9. The highest BCUT2D eigenvalue weighted by Crippen LogP contribution is 2.33. The van der Waals surface area contributed by atoms with Gasteiger partial charge in [-0.1, -0.05) is 106 Å². The molecule has 0 saturated carbocycles. The predicted octanol–water partition coefficient (Wildman–Crippen LogP) is 10.8. The van der Waals surface area contributed by atoms with Crippen molar-refractivity contribution in [2.75, 3.05) is 0 Å². The number of aromatic nitrogens is 12. The molecule has 3 atom stereocenters. The van der Waals surface area contributed by atoms with E-state index in [4.69, 9.17) is 13.6 Å². The Balaban J connectivity index is 0.000000128. The maximum Gasteiger partial charge on any atom is 0.328 e. The summed E-state index contributed by atoms with van der Waals surface area (Å²) >= 11 is 0. The van der Waals surface area contributed by atoms with Crippen LogP contribution in [0.4, 0.5) is 0 Å². The molecule has 0 radical (unpaired) electrons. The molecule has 0 spiro atoms. The number of hydrogen-bond donors (Lipinski definition) is 3. The third kappa shape index (κ3) is 9.33. The summed E-state index contributed by atoms with van der Waals surface area (Å²) in [6, 6.07) is 35.4. The van der Waals surface area contributed by atoms with Crippen molar-refractivity contribution in [2.24, 2.45) is 0 Å². The topological polar surface area (TPSA) is 230 Å². The Hall–Kier alpha value is -9.45. The summed E-state index contributed by atoms with van der Waals surface area (Å²) in [7, 11) is 0. The number of fused-ring (bicyclic) bond motifs is 3. The van der Waals surface area contributed by atoms with Gasteiger partial charge in [-0.2, -0.15) is 0 Å². The highest BCUT2D eigenvalue weighted by atomic mass is 16.5. The summed E-state index contributed by atoms with van der Waals surface area (Å²) < 4.78 is 21.0. The van der Waals surface area contributed by atoms with Crippen molar-refractivity contribution in [1.82, 2.24) is 59.1 Å². The van der Waals surface area contributed by atoms with Crippen LogP contribution in [0.5, 0.6) is 0 Å². The maximum absolute atomic E-state index is 12.5. The molecule has 9 aromatic heterocycles. The Bertz CT molecular complexity index is 3690. The molecule has 9 heterocycles. The first-order valence-electron chi connectivity index (χ1n) is 24.4. The minimum atomic E-state index is -0.172. The zero-order valence-corrected chi connectivity index (χ0v) is 42.8. The molecule has 18 heteroatoms. The van der Waals surface area contributed by atoms with Crippen molar-refractivity contribution in [2.45, 2.75) is 80.4 Å². The van der Waals surface area contributed by atoms with Gasteiger partial charge < -0.3 is 13.6 Å². The Morgan fingerprint density at radius 3 is 0.880 bits per heavy atom. The van der Waals surface area contributed by atoms with Gasteiger partial charge in [-0.25, -0.2) is 29.3 Å². The fourth-order valence-corrected chi connectivity index (χ4v) is 9.90. The molecule has 12 rings (SSSR count). The third-order valence-electron chi connectivity index (χ3n) is 13.7. The number of pyridine rings is 3. The lowest BCUT2D eigenvalue weighted by Crippen LogP contribution is -2.21. The fraction of sp³-hybridized carbons (Fsp3) is 0.211. The van der Waals surface area contributed by atoms with Gasteiger partial charge in [0.2, 0.25) is 0 Å². The van der Waals surface area contributed by atoms with E-state index in [1.807, 2.05) is 172 Å². The second-order valence-corrected chi connectivity index (χ2v) is 18.5. The maximum atomic E-state index is 12.5. The number of benzene rings is 3. The normalized spacial score (nSPS) is 12.6. The number of nitrogens with one attached hydrogen (secondary N) is 3. The largest absolute Gasteiger partial charge is 0.361 e. The van der Waals surface area contributed by atoms with E-state index in [1.165, 1.54) is 0 Å². The average molecular weight is 1000 g/mol. The average Bonchev–Trinajstić information content (AvgIpc) is 4.28. The molecule has 0 amide bonds. The number of hydrogen-bond acceptors (Lipinski definition) is 12. The molecule has 0 bridgehead atoms. The van der Waals surface area contributed by atoms with E-state index in [2.05, 4.69) is 45.4 Å². The van der Waals surface area contributed by atoms with E-state index in [9.17, 15) is 14.4 Å². The second-order valence-electron chi connectivity index (χ2n) is 18.5. The number of aromatic amines is 3. The molecule has 3 aromatic carbocycles. The molecule has 3 N–H and O–H groups in total. The van der Waals surface area contributed by atoms with Crippen LogP contribution in [-0.2, 0) is 0 Å². The number of aryl methyl sites for hydroxylation is 6. The number of nitrogens with zero attached hydrogens (tertiary/aromatic N) is 9. The molecule has 18 nitrogen and oxygen atoms in total. The predicted molar refractivity (Wildman–Crippen MR) is 287 cm³/mol. The van der Waals surface area contributed by atoms with E-state index in [0.29, 0.717) is 16.9 Å². The van der Waals surface area contributed by atoms with Crippen molar-refractivity contribution < 1.29 is 13.6 Å². The molecule has 0 aliphatic heterocycles. The summed E-state index contributed by atoms with van der Waals surface area (Å²) in [5.74, 6) is 2.21. The van der Waals surface area contributed by atoms with Crippen molar-refractivity contribution in [3.05, 3.63) is 210 Å². The standard InChI is InChI=1S/3C19H18N4O2/c3*1-11-17(13(3)25-22-11)15-9-16-18(20-10-15)21-19(24)23(16)12(2)14-7-5-4-6-8-14/h3*4-10,12H,1-3H3,(H,20,21,24). The van der Waals surface area contributed by atoms with Crippen LogP contribution in [0, 0.1) is 41.5 Å². The Morgan fingerprint density at radius 1 is 0.400 bits per heavy atom. The molecule has 3 unspecified atom stereocenters. The third-order valence-corrected chi connectivity index (χ3v) is 13.7. The van der Waals surface area contributed by atoms with Crippen molar-refractivity contribution >= 4 is 33.5 Å². The lowest BCUT2D eigenvalue weighted by molar-refractivity contribution is 0.393. The van der Waals surface area contributed by atoms with E-state index < -0.39 is 0 Å². The zero-order chi connectivity index (χ0) is 52.7. The molecule has 0 aliphatic rings. The summed E-state index contributed by atoms with van der Waals surface area (Å²) in [4.78, 5) is 59.4. The van der Waals surface area contributed by atoms with Crippen LogP contribution in [0.25, 0.3) is 66.9 Å². The first-order chi connectivity index (χ1) is 36.2. The van der Waals surface area contributed by atoms with Gasteiger partial charge in [-0.15, -0.1) is 0 Å². The van der Waals surface area contributed by atoms with Crippen LogP contribution in [-0.4, -0.2) is 59.1 Å². The molecule has 0 saturated heterocycles. The highest BCUT2D eigenvalue weighted by molar-refractivity contribution is 5.82. The molecule has 75 heavy (non-hydrogen) atoms. The molecule has 0 fully saturated rings. The van der Waals surface area contributed by atoms with Gasteiger partial charge in [0.15, 0.2) is 16.9 Å². The number of H-pyrrole nitrogens is 3. The lowest BCUT2D eigenvalue weighted by Gasteiger charge is -2.14. The van der Waals surface area contributed by atoms with Gasteiger partial charge in [0, 0.05) is 52.0 Å². The molecule has 378 valence electrons. The van der Waals surface area contributed by atoms with Crippen LogP contribution in [0.3, 0.4) is 0 Å². The van der Waals surface area contributed by atoms with Crippen molar-refractivity contribution in [1.29, 1.82) is 0 Å². The van der Waals surface area contributed by atoms with Gasteiger partial charge in [0.1, 0.15) is 17.3 Å². The molecule has 0 aliphatic carbocycles. The SMILES string of the molecule is Cc1noc(C)c1-c1cnc2[nH]c(=O)n(C(C)c3ccccc3)c2c1.Cc1noc(C)c1-c1cnc2[nH]c(=O)n(C(C)c3ccccc3)c2c1.Cc1noc(C)c1-c1cnc2[nH]c(=O)n(C(C)c3ccccc3)c2c1. The van der Waals surface area contributed by atoms with Crippen LogP contribution in [0.2, 0.25) is 0 Å². The Morgan fingerprint density at radius 2 is 0.653 bits per heavy atom. The first-order valence-corrected chi connectivity index (χ1v) is 24.4. The zero-order valence-electron chi connectivity index (χ0n) is 42.8. The van der Waals surface area contributed by atoms with Crippen molar-refractivity contribution in [3.63, 3.8) is 0 Å². The molecular weight excluding hydrogens is 949 g/mol. The van der Waals surface area contributed by atoms with Gasteiger partial charge in [0.25, 0.3) is 0 Å². The summed E-state index contributed by atoms with van der Waals surface area (Å²) in [5, 5.41) is 12.0. The van der Waals surface area contributed by atoms with Gasteiger partial charge in [0.05, 0.1) is 51.8 Å². The first kappa shape index (κ1) is 49.1. The van der Waals surface area contributed by atoms with Gasteiger partial charge in [-0.3, -0.25) is 28.7 Å². The number of imidazole rings is 3. The minimum Gasteiger partial charge on any atom is -0.361 e. The van der Waals surface area contributed by atoms with Crippen LogP contribution >= 0.6 is 0 Å². The smallest absolute Gasteiger partial charge is 0.328 e. The second kappa shape index (κ2) is 20.2. The van der Waals surface area contributed by atoms with Gasteiger partial charge in [-0.05, 0) is 97.2 Å². The molecular formula is C57H54N12O6. The summed E-state index contributed by atoms with van der Waals surface area (Å²) in [6.07, 6.45) is 5.22. The van der Waals surface area contributed by atoms with Crippen LogP contribution in [0.15, 0.2) is 156 Å². The van der Waals surface area contributed by atoms with Crippen LogP contribution < -0.4 is 17.1 Å². The van der Waals surface area contributed by atoms with E-state index in [-0.39, 0.29) is 35.2 Å². The Labute approximate surface area is 428 Å². The molecule has 12 aromatic rings. The Kier molecular flexibility index (Phi) is 13.2. The van der Waals surface area contributed by atoms with E-state index in [0.717, 1.165) is 101 Å². The lowest BCUT2D eigenvalue weighted by atomic mass is 10.1. The van der Waals surface area contributed by atoms with Gasteiger partial charge >= 0.3 is 17.1 Å². The minimum absolute atomic E-state index is 0.107. The fourth-order valence-electron chi connectivity index (χ4n) is 9.90. The van der Waals surface area contributed by atoms with E-state index in [1.54, 1.807) is 32.3 Å². The van der Waals surface area contributed by atoms with Crippen LogP contribution in [0.1, 0.15) is 89.9 Å². The summed E-state index contributed by atoms with van der Waals surface area (Å²) in [5.41, 5.74) is 14.5.